The van der Waals surface area contributed by atoms with E-state index in [-0.39, 0.29) is 47.4 Å². The Morgan fingerprint density at radius 2 is 1.78 bits per heavy atom. The number of rotatable bonds is 7. The number of carbonyl (C=O) groups excluding carboxylic acids is 1. The quantitative estimate of drug-likeness (QED) is 0.458. The molecular formula is C31H32FNaO4. The van der Waals surface area contributed by atoms with E-state index in [0.29, 0.717) is 17.2 Å². The predicted molar refractivity (Wildman–Crippen MR) is 135 cm³/mol. The smallest absolute Gasteiger partial charge is 0.550 e. The van der Waals surface area contributed by atoms with Crippen LogP contribution in [0.5, 0.6) is 11.5 Å². The van der Waals surface area contributed by atoms with Gasteiger partial charge in [0.05, 0.1) is 7.11 Å². The number of hydrogen-bond acceptors (Lipinski definition) is 4. The summed E-state index contributed by atoms with van der Waals surface area (Å²) >= 11 is 0. The number of halogens is 1. The van der Waals surface area contributed by atoms with Crippen molar-refractivity contribution in [3.05, 3.63) is 83.2 Å². The molecule has 1 heterocycles. The van der Waals surface area contributed by atoms with Gasteiger partial charge in [0.1, 0.15) is 23.4 Å². The Hall–Kier alpha value is -2.34. The van der Waals surface area contributed by atoms with Crippen LogP contribution in [-0.4, -0.2) is 13.1 Å². The van der Waals surface area contributed by atoms with E-state index < -0.39 is 11.9 Å². The second kappa shape index (κ2) is 12.0. The Kier molecular flexibility index (Phi) is 8.99. The van der Waals surface area contributed by atoms with Crippen molar-refractivity contribution in [1.29, 1.82) is 0 Å². The molecule has 0 radical (unpaired) electrons. The summed E-state index contributed by atoms with van der Waals surface area (Å²) in [6, 6.07) is 18.8. The van der Waals surface area contributed by atoms with Crippen molar-refractivity contribution in [3.63, 3.8) is 0 Å². The molecule has 6 heteroatoms. The minimum absolute atomic E-state index is 0. The number of ether oxygens (including phenoxy) is 2. The molecule has 0 saturated heterocycles. The molecule has 0 spiro atoms. The van der Waals surface area contributed by atoms with E-state index >= 15 is 0 Å². The van der Waals surface area contributed by atoms with Crippen molar-refractivity contribution in [2.45, 2.75) is 57.5 Å². The average Bonchev–Trinajstić information content (AvgIpc) is 3.08. The molecule has 0 N–H and O–H groups in total. The van der Waals surface area contributed by atoms with Crippen molar-refractivity contribution in [2.75, 3.05) is 7.11 Å². The predicted octanol–water partition coefficient (Wildman–Crippen LogP) is 3.23. The summed E-state index contributed by atoms with van der Waals surface area (Å²) in [7, 11) is 1.57. The number of benzene rings is 3. The van der Waals surface area contributed by atoms with Gasteiger partial charge in [-0.25, -0.2) is 4.39 Å². The van der Waals surface area contributed by atoms with Crippen LogP contribution in [-0.2, 0) is 11.2 Å². The molecule has 0 bridgehead atoms. The van der Waals surface area contributed by atoms with E-state index in [1.165, 1.54) is 6.07 Å². The first-order valence-electron chi connectivity index (χ1n) is 12.9. The van der Waals surface area contributed by atoms with E-state index in [1.807, 2.05) is 24.3 Å². The summed E-state index contributed by atoms with van der Waals surface area (Å²) in [4.78, 5) is 11.8. The molecule has 1 aliphatic heterocycles. The minimum Gasteiger partial charge on any atom is -0.550 e. The van der Waals surface area contributed by atoms with E-state index in [9.17, 15) is 14.3 Å². The minimum atomic E-state index is -0.992. The first kappa shape index (κ1) is 27.7. The number of hydrogen-bond donors (Lipinski definition) is 0. The van der Waals surface area contributed by atoms with Gasteiger partial charge in [0, 0.05) is 17.5 Å². The number of aliphatic carboxylic acids is 1. The number of carboxylic acid groups (broad SMARTS) is 1. The van der Waals surface area contributed by atoms with Crippen LogP contribution in [0.25, 0.3) is 11.1 Å². The Morgan fingerprint density at radius 3 is 2.43 bits per heavy atom. The molecule has 0 aromatic heterocycles. The van der Waals surface area contributed by atoms with E-state index in [2.05, 4.69) is 18.2 Å². The summed E-state index contributed by atoms with van der Waals surface area (Å²) in [5.41, 5.74) is 4.51. The molecule has 5 rings (SSSR count). The second-order valence-corrected chi connectivity index (χ2v) is 10.2. The van der Waals surface area contributed by atoms with Gasteiger partial charge in [-0.15, -0.1) is 0 Å². The van der Waals surface area contributed by atoms with Gasteiger partial charge in [-0.1, -0.05) is 49.7 Å². The zero-order valence-corrected chi connectivity index (χ0v) is 23.8. The maximum absolute atomic E-state index is 14.4. The number of carboxylic acids is 1. The van der Waals surface area contributed by atoms with Crippen LogP contribution >= 0.6 is 0 Å². The van der Waals surface area contributed by atoms with E-state index in [0.717, 1.165) is 66.5 Å². The Labute approximate surface area is 240 Å². The van der Waals surface area contributed by atoms with Crippen LogP contribution in [0.3, 0.4) is 0 Å². The monoisotopic (exact) mass is 510 g/mol. The molecule has 37 heavy (non-hydrogen) atoms. The third-order valence-electron chi connectivity index (χ3n) is 7.99. The maximum Gasteiger partial charge on any atom is 1.00 e. The molecule has 1 aliphatic carbocycles. The summed E-state index contributed by atoms with van der Waals surface area (Å²) in [6.07, 6.45) is 5.94. The fraction of sp³-hybridized carbons (Fsp3) is 0.387. The molecule has 3 aromatic rings. The summed E-state index contributed by atoms with van der Waals surface area (Å²) < 4.78 is 26.2. The molecule has 0 amide bonds. The van der Waals surface area contributed by atoms with Gasteiger partial charge in [-0.05, 0) is 90.5 Å². The van der Waals surface area contributed by atoms with Gasteiger partial charge < -0.3 is 19.4 Å². The van der Waals surface area contributed by atoms with Crippen molar-refractivity contribution < 1.29 is 53.3 Å². The van der Waals surface area contributed by atoms with Gasteiger partial charge in [-0.2, -0.15) is 0 Å². The van der Waals surface area contributed by atoms with Crippen LogP contribution in [0.2, 0.25) is 0 Å². The molecule has 188 valence electrons. The summed E-state index contributed by atoms with van der Waals surface area (Å²) in [6.45, 7) is 1.76. The topological polar surface area (TPSA) is 58.6 Å². The Balaban J connectivity index is 0.00000320. The first-order chi connectivity index (χ1) is 17.4. The molecule has 1 unspecified atom stereocenters. The normalized spacial score (nSPS) is 18.7. The van der Waals surface area contributed by atoms with Crippen molar-refractivity contribution in [2.24, 2.45) is 11.8 Å². The average molecular weight is 511 g/mol. The van der Waals surface area contributed by atoms with Gasteiger partial charge in [-0.3, -0.25) is 0 Å². The van der Waals surface area contributed by atoms with Gasteiger partial charge in [0.25, 0.3) is 0 Å². The molecule has 2 aliphatic rings. The number of carbonyl (C=O) groups is 1. The van der Waals surface area contributed by atoms with E-state index in [1.54, 1.807) is 26.2 Å². The standard InChI is InChI=1S/C31H33FO4.Na/c1-19(31(33)34)30(23-6-3-7-23)24-14-13-21-5-4-8-28(36-29(21)17-24)22-11-9-20(10-12-22)26-18-25(35-2)15-16-27(26)32;/h9-19,23,28,30H,3-8H2,1-2H3,(H,33,34);/q;+1/p-1/t19-,28?,30-;/m0./s1. The third-order valence-corrected chi connectivity index (χ3v) is 7.99. The Morgan fingerprint density at radius 1 is 1.03 bits per heavy atom. The molecule has 4 nitrogen and oxygen atoms in total. The molecule has 1 fully saturated rings. The maximum atomic E-state index is 14.4. The van der Waals surface area contributed by atoms with Crippen molar-refractivity contribution >= 4 is 5.97 Å². The Bertz CT molecular complexity index is 1240. The molecule has 3 aromatic carbocycles. The van der Waals surface area contributed by atoms with Crippen LogP contribution in [0.4, 0.5) is 4.39 Å². The van der Waals surface area contributed by atoms with Crippen LogP contribution in [0, 0.1) is 17.7 Å². The number of fused-ring (bicyclic) bond motifs is 1. The zero-order chi connectivity index (χ0) is 25.2. The molecular weight excluding hydrogens is 478 g/mol. The van der Waals surface area contributed by atoms with Gasteiger partial charge in [0.15, 0.2) is 0 Å². The fourth-order valence-electron chi connectivity index (χ4n) is 5.66. The molecule has 1 saturated carbocycles. The molecule has 3 atom stereocenters. The SMILES string of the molecule is COc1ccc(F)c(-c2ccc(C3CCCc4ccc([C@H](C5CCC5)[C@H](C)C(=O)[O-])cc4O3)cc2)c1.[Na+]. The van der Waals surface area contributed by atoms with E-state index in [4.69, 9.17) is 9.47 Å². The van der Waals surface area contributed by atoms with Crippen molar-refractivity contribution in [3.8, 4) is 22.6 Å². The first-order valence-corrected chi connectivity index (χ1v) is 12.9. The zero-order valence-electron chi connectivity index (χ0n) is 21.8. The van der Waals surface area contributed by atoms with Crippen LogP contribution < -0.4 is 44.1 Å². The summed E-state index contributed by atoms with van der Waals surface area (Å²) in [5, 5.41) is 11.8. The van der Waals surface area contributed by atoms with Crippen molar-refractivity contribution in [1.82, 2.24) is 0 Å². The largest absolute Gasteiger partial charge is 1.00 e. The van der Waals surface area contributed by atoms with Crippen LogP contribution in [0.15, 0.2) is 60.7 Å². The number of methoxy groups -OCH3 is 1. The third kappa shape index (κ3) is 5.89. The van der Waals surface area contributed by atoms with Crippen LogP contribution in [0.1, 0.15) is 67.7 Å². The number of aryl methyl sites for hydroxylation is 1. The second-order valence-electron chi connectivity index (χ2n) is 10.2. The van der Waals surface area contributed by atoms with Gasteiger partial charge in [0.2, 0.25) is 0 Å². The van der Waals surface area contributed by atoms with Gasteiger partial charge >= 0.3 is 29.6 Å². The summed E-state index contributed by atoms with van der Waals surface area (Å²) in [5.74, 6) is -0.0512. The fourth-order valence-corrected chi connectivity index (χ4v) is 5.66.